The van der Waals surface area contributed by atoms with Crippen LogP contribution >= 0.6 is 0 Å². The van der Waals surface area contributed by atoms with Crippen molar-refractivity contribution in [3.63, 3.8) is 0 Å². The first kappa shape index (κ1) is 14.5. The molecule has 1 aromatic rings. The summed E-state index contributed by atoms with van der Waals surface area (Å²) in [5.41, 5.74) is 10.3. The number of hydrogen-bond acceptors (Lipinski definition) is 2. The van der Waals surface area contributed by atoms with Crippen LogP contribution < -0.4 is 5.73 Å². The Hall–Kier alpha value is -0.860. The van der Waals surface area contributed by atoms with Crippen LogP contribution in [0.25, 0.3) is 0 Å². The van der Waals surface area contributed by atoms with E-state index in [2.05, 4.69) is 43.9 Å². The first-order valence-corrected chi connectivity index (χ1v) is 7.67. The third kappa shape index (κ3) is 3.18. The Balaban J connectivity index is 2.21. The van der Waals surface area contributed by atoms with E-state index in [4.69, 9.17) is 5.73 Å². The summed E-state index contributed by atoms with van der Waals surface area (Å²) in [5.74, 6) is 0.855. The van der Waals surface area contributed by atoms with Gasteiger partial charge in [-0.15, -0.1) is 0 Å². The van der Waals surface area contributed by atoms with Gasteiger partial charge in [-0.05, 0) is 55.8 Å². The van der Waals surface area contributed by atoms with Gasteiger partial charge < -0.3 is 5.73 Å². The van der Waals surface area contributed by atoms with Crippen LogP contribution in [0.15, 0.2) is 18.2 Å². The fourth-order valence-electron chi connectivity index (χ4n) is 3.32. The van der Waals surface area contributed by atoms with E-state index in [1.807, 2.05) is 0 Å². The van der Waals surface area contributed by atoms with Crippen molar-refractivity contribution >= 4 is 0 Å². The molecule has 0 bridgehead atoms. The Bertz CT molecular complexity index is 414. The highest BCUT2D eigenvalue weighted by molar-refractivity contribution is 5.35. The molecule has 1 fully saturated rings. The average molecular weight is 260 g/mol. The molecule has 0 amide bonds. The van der Waals surface area contributed by atoms with Crippen molar-refractivity contribution in [2.24, 2.45) is 11.7 Å². The lowest BCUT2D eigenvalue weighted by molar-refractivity contribution is 0.124. The molecule has 0 spiro atoms. The number of piperidine rings is 1. The molecule has 19 heavy (non-hydrogen) atoms. The molecule has 0 radical (unpaired) electrons. The van der Waals surface area contributed by atoms with E-state index in [1.165, 1.54) is 49.0 Å². The Morgan fingerprint density at radius 1 is 1.37 bits per heavy atom. The van der Waals surface area contributed by atoms with E-state index in [0.717, 1.165) is 12.5 Å². The molecule has 1 saturated heterocycles. The lowest BCUT2D eigenvalue weighted by Crippen LogP contribution is -2.41. The number of hydrogen-bond donors (Lipinski definition) is 1. The average Bonchev–Trinajstić information content (AvgIpc) is 2.44. The summed E-state index contributed by atoms with van der Waals surface area (Å²) in [6.07, 6.45) is 4.00. The van der Waals surface area contributed by atoms with Gasteiger partial charge >= 0.3 is 0 Å². The molecule has 2 unspecified atom stereocenters. The van der Waals surface area contributed by atoms with Gasteiger partial charge in [-0.25, -0.2) is 0 Å². The van der Waals surface area contributed by atoms with Gasteiger partial charge in [0.25, 0.3) is 0 Å². The van der Waals surface area contributed by atoms with Crippen LogP contribution in [0.2, 0.25) is 0 Å². The second-order valence-electron chi connectivity index (χ2n) is 5.95. The van der Waals surface area contributed by atoms with E-state index in [0.29, 0.717) is 6.04 Å². The van der Waals surface area contributed by atoms with Gasteiger partial charge in [-0.1, -0.05) is 31.5 Å². The minimum Gasteiger partial charge on any atom is -0.329 e. The number of likely N-dealkylation sites (tertiary alicyclic amines) is 1. The van der Waals surface area contributed by atoms with Gasteiger partial charge in [0, 0.05) is 19.1 Å². The summed E-state index contributed by atoms with van der Waals surface area (Å²) >= 11 is 0. The highest BCUT2D eigenvalue weighted by Crippen LogP contribution is 2.30. The second kappa shape index (κ2) is 6.53. The number of rotatable bonds is 4. The van der Waals surface area contributed by atoms with E-state index in [9.17, 15) is 0 Å². The first-order chi connectivity index (χ1) is 9.17. The highest BCUT2D eigenvalue weighted by atomic mass is 15.2. The minimum atomic E-state index is 0.397. The predicted octanol–water partition coefficient (Wildman–Crippen LogP) is 3.43. The number of nitrogens with two attached hydrogens (primary N) is 1. The topological polar surface area (TPSA) is 29.3 Å². The third-order valence-corrected chi connectivity index (χ3v) is 4.80. The van der Waals surface area contributed by atoms with E-state index in [1.54, 1.807) is 0 Å². The molecule has 106 valence electrons. The summed E-state index contributed by atoms with van der Waals surface area (Å²) in [4.78, 5) is 2.61. The van der Waals surface area contributed by atoms with Crippen molar-refractivity contribution in [3.8, 4) is 0 Å². The maximum Gasteiger partial charge on any atom is 0.0473 e. The smallest absolute Gasteiger partial charge is 0.0473 e. The van der Waals surface area contributed by atoms with Crippen LogP contribution in [0.3, 0.4) is 0 Å². The molecule has 1 aromatic carbocycles. The summed E-state index contributed by atoms with van der Waals surface area (Å²) < 4.78 is 0. The monoisotopic (exact) mass is 260 g/mol. The molecule has 2 atom stereocenters. The van der Waals surface area contributed by atoms with Crippen LogP contribution in [-0.2, 0) is 0 Å². The fourth-order valence-corrected chi connectivity index (χ4v) is 3.32. The summed E-state index contributed by atoms with van der Waals surface area (Å²) in [6.45, 7) is 9.87. The molecule has 1 aliphatic rings. The van der Waals surface area contributed by atoms with Gasteiger partial charge in [-0.2, -0.15) is 0 Å². The Kier molecular flexibility index (Phi) is 5.00. The van der Waals surface area contributed by atoms with Crippen LogP contribution in [0.4, 0.5) is 0 Å². The van der Waals surface area contributed by atoms with Crippen molar-refractivity contribution in [3.05, 3.63) is 34.9 Å². The predicted molar refractivity (Wildman–Crippen MR) is 82.3 cm³/mol. The van der Waals surface area contributed by atoms with E-state index >= 15 is 0 Å². The quantitative estimate of drug-likeness (QED) is 0.898. The molecule has 1 heterocycles. The molecule has 2 rings (SSSR count). The molecular weight excluding hydrogens is 232 g/mol. The normalized spacial score (nSPS) is 22.4. The first-order valence-electron chi connectivity index (χ1n) is 7.67. The lowest BCUT2D eigenvalue weighted by Gasteiger charge is -2.38. The molecular formula is C17H28N2. The SMILES string of the molecule is CCC1CCCN(C(CN)c2cccc(C)c2C)C1. The number of aryl methyl sites for hydroxylation is 1. The largest absolute Gasteiger partial charge is 0.329 e. The Labute approximate surface area is 118 Å². The van der Waals surface area contributed by atoms with Crippen LogP contribution in [0.1, 0.15) is 48.9 Å². The van der Waals surface area contributed by atoms with Crippen molar-refractivity contribution in [1.82, 2.24) is 4.90 Å². The van der Waals surface area contributed by atoms with Crippen molar-refractivity contribution < 1.29 is 0 Å². The molecule has 0 saturated carbocycles. The van der Waals surface area contributed by atoms with Gasteiger partial charge in [0.05, 0.1) is 0 Å². The number of benzene rings is 1. The van der Waals surface area contributed by atoms with Crippen molar-refractivity contribution in [1.29, 1.82) is 0 Å². The molecule has 0 aromatic heterocycles. The molecule has 2 heteroatoms. The Morgan fingerprint density at radius 2 is 2.16 bits per heavy atom. The zero-order valence-corrected chi connectivity index (χ0v) is 12.7. The van der Waals surface area contributed by atoms with Gasteiger partial charge in [0.15, 0.2) is 0 Å². The zero-order valence-electron chi connectivity index (χ0n) is 12.7. The van der Waals surface area contributed by atoms with E-state index < -0.39 is 0 Å². The molecule has 0 aliphatic carbocycles. The van der Waals surface area contributed by atoms with Crippen LogP contribution in [0, 0.1) is 19.8 Å². The molecule has 1 aliphatic heterocycles. The Morgan fingerprint density at radius 3 is 2.84 bits per heavy atom. The summed E-state index contributed by atoms with van der Waals surface area (Å²) in [6, 6.07) is 7.02. The standard InChI is InChI=1S/C17H28N2/c1-4-15-8-6-10-19(12-15)17(11-18)16-9-5-7-13(2)14(16)3/h5,7,9,15,17H,4,6,8,10-12,18H2,1-3H3. The van der Waals surface area contributed by atoms with Gasteiger partial charge in [-0.3, -0.25) is 4.90 Å². The van der Waals surface area contributed by atoms with Crippen molar-refractivity contribution in [2.45, 2.75) is 46.1 Å². The fraction of sp³-hybridized carbons (Fsp3) is 0.647. The molecule has 2 N–H and O–H groups in total. The number of nitrogens with zero attached hydrogens (tertiary/aromatic N) is 1. The highest BCUT2D eigenvalue weighted by Gasteiger charge is 2.26. The van der Waals surface area contributed by atoms with Crippen molar-refractivity contribution in [2.75, 3.05) is 19.6 Å². The third-order valence-electron chi connectivity index (χ3n) is 4.80. The maximum absolute atomic E-state index is 6.10. The molecule has 2 nitrogen and oxygen atoms in total. The minimum absolute atomic E-state index is 0.397. The van der Waals surface area contributed by atoms with Gasteiger partial charge in [0.1, 0.15) is 0 Å². The second-order valence-corrected chi connectivity index (χ2v) is 5.95. The van der Waals surface area contributed by atoms with E-state index in [-0.39, 0.29) is 0 Å². The summed E-state index contributed by atoms with van der Waals surface area (Å²) in [7, 11) is 0. The lowest BCUT2D eigenvalue weighted by atomic mass is 9.91. The zero-order chi connectivity index (χ0) is 13.8. The van der Waals surface area contributed by atoms with Gasteiger partial charge in [0.2, 0.25) is 0 Å². The van der Waals surface area contributed by atoms with Crippen LogP contribution in [0.5, 0.6) is 0 Å². The summed E-state index contributed by atoms with van der Waals surface area (Å²) in [5, 5.41) is 0. The van der Waals surface area contributed by atoms with Crippen LogP contribution in [-0.4, -0.2) is 24.5 Å². The maximum atomic E-state index is 6.10.